The van der Waals surface area contributed by atoms with E-state index in [1.165, 1.54) is 0 Å². The van der Waals surface area contributed by atoms with Crippen molar-refractivity contribution < 1.29 is 0 Å². The van der Waals surface area contributed by atoms with E-state index < -0.39 is 0 Å². The van der Waals surface area contributed by atoms with E-state index in [2.05, 4.69) is 30.6 Å². The minimum Gasteiger partial charge on any atom is -0.382 e. The third kappa shape index (κ3) is 2.37. The largest absolute Gasteiger partial charge is 0.382 e. The number of aromatic amines is 2. The van der Waals surface area contributed by atoms with Gasteiger partial charge in [-0.1, -0.05) is 0 Å². The standard InChI is InChI=1S/C10H13N7O/c1-12-8-6(4-11)16-10(17-9(8)18)15-5-7-13-2-3-14-7/h2-4,11-12H,5H2,1H3,(H,13,14)(H2,15,16,17,18). The first-order valence-electron chi connectivity index (χ1n) is 5.29. The van der Waals surface area contributed by atoms with Crippen LogP contribution >= 0.6 is 0 Å². The van der Waals surface area contributed by atoms with Crippen LogP contribution < -0.4 is 16.2 Å². The minimum absolute atomic E-state index is 0.272. The summed E-state index contributed by atoms with van der Waals surface area (Å²) in [5.41, 5.74) is 0.227. The maximum Gasteiger partial charge on any atom is 0.276 e. The number of H-pyrrole nitrogens is 2. The summed E-state index contributed by atoms with van der Waals surface area (Å²) in [6.07, 6.45) is 4.37. The lowest BCUT2D eigenvalue weighted by Gasteiger charge is -2.07. The highest BCUT2D eigenvalue weighted by atomic mass is 16.1. The second kappa shape index (κ2) is 5.13. The van der Waals surface area contributed by atoms with Gasteiger partial charge in [0.25, 0.3) is 5.56 Å². The molecule has 0 amide bonds. The number of nitrogens with zero attached hydrogens (tertiary/aromatic N) is 2. The van der Waals surface area contributed by atoms with Crippen LogP contribution in [0.4, 0.5) is 11.6 Å². The molecule has 2 heterocycles. The molecule has 0 unspecified atom stereocenters. The second-order valence-corrected chi connectivity index (χ2v) is 3.46. The molecule has 0 bridgehead atoms. The summed E-state index contributed by atoms with van der Waals surface area (Å²) in [5.74, 6) is 1.03. The molecule has 0 atom stereocenters. The summed E-state index contributed by atoms with van der Waals surface area (Å²) in [4.78, 5) is 25.3. The van der Waals surface area contributed by atoms with Gasteiger partial charge in [0.15, 0.2) is 0 Å². The summed E-state index contributed by atoms with van der Waals surface area (Å²) in [7, 11) is 1.61. The summed E-state index contributed by atoms with van der Waals surface area (Å²) in [6, 6.07) is 0. The predicted molar refractivity (Wildman–Crippen MR) is 68.2 cm³/mol. The number of nitrogens with one attached hydrogen (secondary N) is 5. The van der Waals surface area contributed by atoms with E-state index in [4.69, 9.17) is 5.41 Å². The van der Waals surface area contributed by atoms with Gasteiger partial charge >= 0.3 is 0 Å². The quantitative estimate of drug-likeness (QED) is 0.481. The van der Waals surface area contributed by atoms with Crippen LogP contribution in [0.25, 0.3) is 0 Å². The monoisotopic (exact) mass is 247 g/mol. The van der Waals surface area contributed by atoms with Crippen molar-refractivity contribution in [2.75, 3.05) is 17.7 Å². The lowest BCUT2D eigenvalue weighted by Crippen LogP contribution is -2.19. The maximum atomic E-state index is 11.7. The smallest absolute Gasteiger partial charge is 0.276 e. The lowest BCUT2D eigenvalue weighted by molar-refractivity contribution is 0.960. The molecule has 18 heavy (non-hydrogen) atoms. The van der Waals surface area contributed by atoms with Crippen LogP contribution in [-0.2, 0) is 6.54 Å². The highest BCUT2D eigenvalue weighted by Gasteiger charge is 2.08. The van der Waals surface area contributed by atoms with E-state index in [0.717, 1.165) is 12.0 Å². The minimum atomic E-state index is -0.326. The van der Waals surface area contributed by atoms with Gasteiger partial charge in [-0.3, -0.25) is 9.78 Å². The van der Waals surface area contributed by atoms with Crippen LogP contribution in [0.3, 0.4) is 0 Å². The van der Waals surface area contributed by atoms with Crippen LogP contribution in [0.15, 0.2) is 17.2 Å². The zero-order chi connectivity index (χ0) is 13.0. The summed E-state index contributed by atoms with van der Waals surface area (Å²) in [6.45, 7) is 0.409. The van der Waals surface area contributed by atoms with Gasteiger partial charge < -0.3 is 21.0 Å². The first-order chi connectivity index (χ1) is 8.74. The molecule has 8 nitrogen and oxygen atoms in total. The van der Waals surface area contributed by atoms with Crippen LogP contribution in [-0.4, -0.2) is 33.2 Å². The Bertz CT molecular complexity index is 587. The number of imidazole rings is 1. The van der Waals surface area contributed by atoms with Crippen LogP contribution in [0.2, 0.25) is 0 Å². The molecule has 5 N–H and O–H groups in total. The van der Waals surface area contributed by atoms with Gasteiger partial charge in [0.05, 0.1) is 6.54 Å². The molecule has 0 radical (unpaired) electrons. The van der Waals surface area contributed by atoms with Crippen molar-refractivity contribution in [3.63, 3.8) is 0 Å². The van der Waals surface area contributed by atoms with Gasteiger partial charge in [0.2, 0.25) is 5.95 Å². The zero-order valence-electron chi connectivity index (χ0n) is 9.74. The third-order valence-corrected chi connectivity index (χ3v) is 2.31. The van der Waals surface area contributed by atoms with Crippen LogP contribution in [0.5, 0.6) is 0 Å². The van der Waals surface area contributed by atoms with Crippen LogP contribution in [0, 0.1) is 5.41 Å². The van der Waals surface area contributed by atoms with Crippen molar-refractivity contribution in [3.05, 3.63) is 34.3 Å². The zero-order valence-corrected chi connectivity index (χ0v) is 9.74. The SMILES string of the molecule is CNc1c(C=N)nc(NCc2ncc[nH]2)[nH]c1=O. The Balaban J connectivity index is 2.21. The highest BCUT2D eigenvalue weighted by molar-refractivity contribution is 5.83. The molecular weight excluding hydrogens is 234 g/mol. The van der Waals surface area contributed by atoms with Crippen LogP contribution in [0.1, 0.15) is 11.5 Å². The third-order valence-electron chi connectivity index (χ3n) is 2.31. The molecule has 0 aliphatic heterocycles. The van der Waals surface area contributed by atoms with Gasteiger partial charge in [-0.25, -0.2) is 9.97 Å². The summed E-state index contributed by atoms with van der Waals surface area (Å²) in [5, 5.41) is 12.9. The van der Waals surface area contributed by atoms with Gasteiger partial charge in [-0.15, -0.1) is 0 Å². The Kier molecular flexibility index (Phi) is 3.37. The van der Waals surface area contributed by atoms with Crippen molar-refractivity contribution in [2.45, 2.75) is 6.54 Å². The molecule has 2 aromatic rings. The molecule has 0 aliphatic carbocycles. The highest BCUT2D eigenvalue weighted by Crippen LogP contribution is 2.06. The first-order valence-corrected chi connectivity index (χ1v) is 5.29. The Morgan fingerprint density at radius 1 is 1.56 bits per heavy atom. The topological polar surface area (TPSA) is 122 Å². The number of aromatic nitrogens is 4. The molecule has 0 saturated carbocycles. The van der Waals surface area contributed by atoms with Crippen molar-refractivity contribution >= 4 is 17.9 Å². The molecule has 0 fully saturated rings. The molecule has 0 aliphatic rings. The average molecular weight is 247 g/mol. The van der Waals surface area contributed by atoms with Crippen molar-refractivity contribution in [1.82, 2.24) is 19.9 Å². The van der Waals surface area contributed by atoms with E-state index in [9.17, 15) is 4.79 Å². The van der Waals surface area contributed by atoms with Gasteiger partial charge in [-0.05, 0) is 0 Å². The molecule has 94 valence electrons. The van der Waals surface area contributed by atoms with Crippen molar-refractivity contribution in [2.24, 2.45) is 0 Å². The second-order valence-electron chi connectivity index (χ2n) is 3.46. The molecule has 2 rings (SSSR count). The van der Waals surface area contributed by atoms with Crippen molar-refractivity contribution in [1.29, 1.82) is 5.41 Å². The Morgan fingerprint density at radius 2 is 2.39 bits per heavy atom. The Hall–Kier alpha value is -2.64. The first kappa shape index (κ1) is 11.8. The average Bonchev–Trinajstić information content (AvgIpc) is 2.88. The van der Waals surface area contributed by atoms with Gasteiger partial charge in [0.1, 0.15) is 17.2 Å². The lowest BCUT2D eigenvalue weighted by atomic mass is 10.3. The molecular formula is C10H13N7O. The molecule has 8 heteroatoms. The predicted octanol–water partition coefficient (Wildman–Crippen LogP) is 0.144. The summed E-state index contributed by atoms with van der Waals surface area (Å²) < 4.78 is 0. The fourth-order valence-electron chi connectivity index (χ4n) is 1.48. The fraction of sp³-hybridized carbons (Fsp3) is 0.200. The fourth-order valence-corrected chi connectivity index (χ4v) is 1.48. The van der Waals surface area contributed by atoms with Gasteiger partial charge in [0, 0.05) is 25.7 Å². The number of anilines is 2. The van der Waals surface area contributed by atoms with E-state index in [1.807, 2.05) is 0 Å². The molecule has 0 saturated heterocycles. The normalized spacial score (nSPS) is 10.1. The van der Waals surface area contributed by atoms with E-state index in [-0.39, 0.29) is 16.9 Å². The maximum absolute atomic E-state index is 11.7. The molecule has 2 aromatic heterocycles. The molecule has 0 spiro atoms. The van der Waals surface area contributed by atoms with E-state index >= 15 is 0 Å². The summed E-state index contributed by atoms with van der Waals surface area (Å²) >= 11 is 0. The van der Waals surface area contributed by atoms with Gasteiger partial charge in [-0.2, -0.15) is 0 Å². The van der Waals surface area contributed by atoms with E-state index in [1.54, 1.807) is 19.4 Å². The Morgan fingerprint density at radius 3 is 3.00 bits per heavy atom. The Labute approximate surface area is 102 Å². The molecule has 0 aromatic carbocycles. The number of hydrogen-bond donors (Lipinski definition) is 5. The number of rotatable bonds is 5. The van der Waals surface area contributed by atoms with E-state index in [0.29, 0.717) is 12.5 Å². The van der Waals surface area contributed by atoms with Crippen molar-refractivity contribution in [3.8, 4) is 0 Å². The number of hydrogen-bond acceptors (Lipinski definition) is 6.